The van der Waals surface area contributed by atoms with Gasteiger partial charge in [-0.05, 0) is 61.7 Å². The molecule has 0 radical (unpaired) electrons. The van der Waals surface area contributed by atoms with Gasteiger partial charge in [0, 0.05) is 0 Å². The number of nitrogens with one attached hydrogen (secondary N) is 2. The van der Waals surface area contributed by atoms with Crippen LogP contribution in [-0.4, -0.2) is 26.2 Å². The van der Waals surface area contributed by atoms with E-state index in [1.807, 2.05) is 0 Å². The molecule has 2 bridgehead atoms. The zero-order valence-corrected chi connectivity index (χ0v) is 8.45. The lowest BCUT2D eigenvalue weighted by atomic mass is 9.55. The van der Waals surface area contributed by atoms with Crippen molar-refractivity contribution < 1.29 is 0 Å². The molecule has 5 rings (SSSR count). The summed E-state index contributed by atoms with van der Waals surface area (Å²) in [5.41, 5.74) is 0. The van der Waals surface area contributed by atoms with E-state index in [4.69, 9.17) is 0 Å². The number of hydrogen-bond donors (Lipinski definition) is 2. The third-order valence-corrected chi connectivity index (χ3v) is 5.15. The minimum atomic E-state index is 0.889. The molecule has 5 aliphatic rings. The molecule has 2 nitrogen and oxygen atoms in total. The Morgan fingerprint density at radius 3 is 1.36 bits per heavy atom. The number of hydrogen-bond acceptors (Lipinski definition) is 2. The summed E-state index contributed by atoms with van der Waals surface area (Å²) in [6.07, 6.45) is 5.07. The Balaban J connectivity index is 1.78. The Morgan fingerprint density at radius 1 is 0.643 bits per heavy atom. The molecule has 2 heteroatoms. The van der Waals surface area contributed by atoms with Gasteiger partial charge in [-0.2, -0.15) is 0 Å². The van der Waals surface area contributed by atoms with E-state index in [1.165, 1.54) is 26.2 Å². The summed E-state index contributed by atoms with van der Waals surface area (Å²) in [6.45, 7) is 5.11. The van der Waals surface area contributed by atoms with E-state index >= 15 is 0 Å². The van der Waals surface area contributed by atoms with Gasteiger partial charge in [-0.3, -0.25) is 0 Å². The maximum Gasteiger partial charge on any atom is -0.00113 e. The van der Waals surface area contributed by atoms with Gasteiger partial charge in [0.05, 0.1) is 0 Å². The SMILES string of the molecule is C1=CC2C3CNCC3C1C1CNCC21. The molecule has 0 amide bonds. The van der Waals surface area contributed by atoms with Gasteiger partial charge in [-0.1, -0.05) is 12.2 Å². The van der Waals surface area contributed by atoms with Gasteiger partial charge in [0.15, 0.2) is 0 Å². The van der Waals surface area contributed by atoms with Crippen molar-refractivity contribution >= 4 is 0 Å². The van der Waals surface area contributed by atoms with Crippen LogP contribution in [-0.2, 0) is 0 Å². The summed E-state index contributed by atoms with van der Waals surface area (Å²) in [4.78, 5) is 0. The molecule has 3 fully saturated rings. The Morgan fingerprint density at radius 2 is 1.00 bits per heavy atom. The van der Waals surface area contributed by atoms with E-state index in [0.717, 1.165) is 35.5 Å². The molecule has 4 atom stereocenters. The summed E-state index contributed by atoms with van der Waals surface area (Å²) in [5.74, 6) is 5.63. The van der Waals surface area contributed by atoms with Gasteiger partial charge >= 0.3 is 0 Å². The molecule has 1 saturated carbocycles. The van der Waals surface area contributed by atoms with Crippen molar-refractivity contribution in [1.82, 2.24) is 10.6 Å². The summed E-state index contributed by atoms with van der Waals surface area (Å²) in [6, 6.07) is 0. The molecule has 0 spiro atoms. The third kappa shape index (κ3) is 0.801. The van der Waals surface area contributed by atoms with Crippen LogP contribution >= 0.6 is 0 Å². The standard InChI is InChI=1S/C12H18N2/c1-2-8-11-5-13-3-9(11)7(1)10-4-14-6-12(8)10/h1-2,7-14H,3-6H2. The van der Waals surface area contributed by atoms with Crippen molar-refractivity contribution in [3.63, 3.8) is 0 Å². The first-order valence-corrected chi connectivity index (χ1v) is 6.05. The van der Waals surface area contributed by atoms with Crippen LogP contribution in [0.4, 0.5) is 0 Å². The molecule has 0 aromatic heterocycles. The van der Waals surface area contributed by atoms with Crippen molar-refractivity contribution in [2.45, 2.75) is 0 Å². The molecule has 4 unspecified atom stereocenters. The van der Waals surface area contributed by atoms with Crippen LogP contribution in [0.5, 0.6) is 0 Å². The lowest BCUT2D eigenvalue weighted by molar-refractivity contribution is 0.0650. The summed E-state index contributed by atoms with van der Waals surface area (Å²) in [7, 11) is 0. The van der Waals surface area contributed by atoms with E-state index in [2.05, 4.69) is 22.8 Å². The molecule has 76 valence electrons. The summed E-state index contributed by atoms with van der Waals surface area (Å²) < 4.78 is 0. The Labute approximate surface area is 85.1 Å². The lowest BCUT2D eigenvalue weighted by Crippen LogP contribution is -2.47. The fourth-order valence-corrected chi connectivity index (χ4v) is 4.59. The molecule has 14 heavy (non-hydrogen) atoms. The first kappa shape index (κ1) is 7.89. The largest absolute Gasteiger partial charge is 0.316 e. The second-order valence-corrected chi connectivity index (χ2v) is 5.51. The Bertz CT molecular complexity index is 238. The van der Waals surface area contributed by atoms with Crippen LogP contribution in [0.15, 0.2) is 12.2 Å². The van der Waals surface area contributed by atoms with E-state index in [1.54, 1.807) is 0 Å². The second-order valence-electron chi connectivity index (χ2n) is 5.51. The topological polar surface area (TPSA) is 24.1 Å². The molecule has 2 saturated heterocycles. The van der Waals surface area contributed by atoms with Gasteiger partial charge in [-0.15, -0.1) is 0 Å². The van der Waals surface area contributed by atoms with Crippen LogP contribution < -0.4 is 10.6 Å². The maximum atomic E-state index is 3.59. The molecule has 0 aromatic carbocycles. The second kappa shape index (κ2) is 2.61. The monoisotopic (exact) mass is 190 g/mol. The van der Waals surface area contributed by atoms with Crippen LogP contribution in [0.25, 0.3) is 0 Å². The van der Waals surface area contributed by atoms with E-state index in [-0.39, 0.29) is 0 Å². The van der Waals surface area contributed by atoms with Gasteiger partial charge in [0.25, 0.3) is 0 Å². The van der Waals surface area contributed by atoms with Gasteiger partial charge < -0.3 is 10.6 Å². The predicted molar refractivity (Wildman–Crippen MR) is 55.8 cm³/mol. The summed E-state index contributed by atoms with van der Waals surface area (Å²) in [5, 5.41) is 7.19. The normalized spacial score (nSPS) is 58.9. The first-order chi connectivity index (χ1) is 6.95. The van der Waals surface area contributed by atoms with Gasteiger partial charge in [0.2, 0.25) is 0 Å². The van der Waals surface area contributed by atoms with Crippen LogP contribution in [0.1, 0.15) is 0 Å². The highest BCUT2D eigenvalue weighted by molar-refractivity contribution is 5.19. The minimum Gasteiger partial charge on any atom is -0.316 e. The number of allylic oxidation sites excluding steroid dienone is 2. The van der Waals surface area contributed by atoms with Crippen LogP contribution in [0.3, 0.4) is 0 Å². The minimum absolute atomic E-state index is 0.889. The van der Waals surface area contributed by atoms with Crippen molar-refractivity contribution in [3.8, 4) is 0 Å². The summed E-state index contributed by atoms with van der Waals surface area (Å²) >= 11 is 0. The molecule has 0 aromatic rings. The molecule has 2 heterocycles. The zero-order chi connectivity index (χ0) is 9.12. The highest BCUT2D eigenvalue weighted by Crippen LogP contribution is 2.53. The van der Waals surface area contributed by atoms with E-state index < -0.39 is 0 Å². The third-order valence-electron chi connectivity index (χ3n) is 5.15. The van der Waals surface area contributed by atoms with Crippen molar-refractivity contribution in [2.75, 3.05) is 26.2 Å². The van der Waals surface area contributed by atoms with Gasteiger partial charge in [-0.25, -0.2) is 0 Å². The van der Waals surface area contributed by atoms with Crippen LogP contribution in [0.2, 0.25) is 0 Å². The smallest absolute Gasteiger partial charge is 0.00113 e. The Kier molecular flexibility index (Phi) is 1.47. The van der Waals surface area contributed by atoms with Crippen molar-refractivity contribution in [1.29, 1.82) is 0 Å². The Hall–Kier alpha value is -0.340. The highest BCUT2D eigenvalue weighted by atomic mass is 15.0. The van der Waals surface area contributed by atoms with Crippen LogP contribution in [0, 0.1) is 35.5 Å². The molecule has 3 aliphatic carbocycles. The fraction of sp³-hybridized carbons (Fsp3) is 0.833. The van der Waals surface area contributed by atoms with E-state index in [0.29, 0.717) is 0 Å². The average molecular weight is 190 g/mol. The lowest BCUT2D eigenvalue weighted by Gasteiger charge is -2.48. The molecule has 2 N–H and O–H groups in total. The zero-order valence-electron chi connectivity index (χ0n) is 8.45. The maximum absolute atomic E-state index is 3.59. The van der Waals surface area contributed by atoms with Gasteiger partial charge in [0.1, 0.15) is 0 Å². The average Bonchev–Trinajstić information content (AvgIpc) is 2.88. The van der Waals surface area contributed by atoms with Crippen molar-refractivity contribution in [2.24, 2.45) is 35.5 Å². The molecule has 2 aliphatic heterocycles. The number of rotatable bonds is 0. The highest BCUT2D eigenvalue weighted by Gasteiger charge is 2.53. The predicted octanol–water partition coefficient (Wildman–Crippen LogP) is 0.473. The van der Waals surface area contributed by atoms with E-state index in [9.17, 15) is 0 Å². The fourth-order valence-electron chi connectivity index (χ4n) is 4.59. The molecular formula is C12H18N2. The van der Waals surface area contributed by atoms with Crippen molar-refractivity contribution in [3.05, 3.63) is 12.2 Å². The quantitative estimate of drug-likeness (QED) is 0.543. The first-order valence-electron chi connectivity index (χ1n) is 6.05. The molecular weight excluding hydrogens is 172 g/mol.